The van der Waals surface area contributed by atoms with Crippen LogP contribution in [0.15, 0.2) is 18.0 Å². The molecule has 1 aromatic rings. The predicted molar refractivity (Wildman–Crippen MR) is 55.1 cm³/mol. The summed E-state index contributed by atoms with van der Waals surface area (Å²) in [5, 5.41) is 10.9. The molecule has 1 N–H and O–H groups in total. The van der Waals surface area contributed by atoms with Gasteiger partial charge in [0.1, 0.15) is 11.9 Å². The van der Waals surface area contributed by atoms with E-state index < -0.39 is 6.10 Å². The monoisotopic (exact) mass is 211 g/mol. The van der Waals surface area contributed by atoms with Gasteiger partial charge in [-0.1, -0.05) is 0 Å². The highest BCUT2D eigenvalue weighted by Gasteiger charge is 2.18. The number of ether oxygens (including phenoxy) is 1. The molecule has 4 heteroatoms. The van der Waals surface area contributed by atoms with Crippen molar-refractivity contribution in [3.8, 4) is 0 Å². The molecule has 3 nitrogen and oxygen atoms in total. The minimum atomic E-state index is -0.624. The molecule has 0 saturated heterocycles. The molecule has 0 bridgehead atoms. The average Bonchev–Trinajstić information content (AvgIpc) is 2.65. The third-order valence-electron chi connectivity index (χ3n) is 2.14. The molecule has 0 saturated carbocycles. The van der Waals surface area contributed by atoms with Crippen LogP contribution in [0.2, 0.25) is 0 Å². The van der Waals surface area contributed by atoms with E-state index in [0.29, 0.717) is 12.4 Å². The molecule has 0 spiro atoms. The van der Waals surface area contributed by atoms with Gasteiger partial charge in [-0.2, -0.15) is 0 Å². The van der Waals surface area contributed by atoms with Gasteiger partial charge in [-0.25, -0.2) is 4.98 Å². The van der Waals surface area contributed by atoms with Crippen molar-refractivity contribution in [3.05, 3.63) is 27.9 Å². The molecule has 76 valence electrons. The Bertz CT molecular complexity index is 346. The third-order valence-corrected chi connectivity index (χ3v) is 3.11. The summed E-state index contributed by atoms with van der Waals surface area (Å²) >= 11 is 1.51. The number of aryl methyl sites for hydroxylation is 1. The standard InChI is InChI=1S/C10H13NO2S/c1-7-11-6-9(14-7)10(12)8-4-2-3-5-13-8/h4,6,10,12H,2-3,5H2,1H3. The number of aromatic nitrogens is 1. The summed E-state index contributed by atoms with van der Waals surface area (Å²) in [6, 6.07) is 0. The highest BCUT2D eigenvalue weighted by Crippen LogP contribution is 2.29. The molecule has 1 aromatic heterocycles. The highest BCUT2D eigenvalue weighted by atomic mass is 32.1. The highest BCUT2D eigenvalue weighted by molar-refractivity contribution is 7.11. The van der Waals surface area contributed by atoms with Crippen LogP contribution in [0.4, 0.5) is 0 Å². The number of aliphatic hydroxyl groups excluding tert-OH is 1. The summed E-state index contributed by atoms with van der Waals surface area (Å²) in [5.41, 5.74) is 0. The van der Waals surface area contributed by atoms with Gasteiger partial charge in [-0.3, -0.25) is 0 Å². The Labute approximate surface area is 87.1 Å². The van der Waals surface area contributed by atoms with Crippen LogP contribution in [0.1, 0.15) is 28.8 Å². The van der Waals surface area contributed by atoms with Crippen molar-refractivity contribution in [1.29, 1.82) is 0 Å². The smallest absolute Gasteiger partial charge is 0.146 e. The van der Waals surface area contributed by atoms with E-state index in [1.54, 1.807) is 6.20 Å². The molecule has 0 fully saturated rings. The lowest BCUT2D eigenvalue weighted by Gasteiger charge is -2.18. The van der Waals surface area contributed by atoms with Gasteiger partial charge >= 0.3 is 0 Å². The zero-order valence-corrected chi connectivity index (χ0v) is 8.88. The van der Waals surface area contributed by atoms with Gasteiger partial charge in [0, 0.05) is 6.20 Å². The molecule has 2 heterocycles. The lowest BCUT2D eigenvalue weighted by Crippen LogP contribution is -2.08. The van der Waals surface area contributed by atoms with Crippen LogP contribution < -0.4 is 0 Å². The van der Waals surface area contributed by atoms with Crippen LogP contribution >= 0.6 is 11.3 Å². The van der Waals surface area contributed by atoms with Crippen molar-refractivity contribution in [3.63, 3.8) is 0 Å². The topological polar surface area (TPSA) is 42.4 Å². The second-order valence-electron chi connectivity index (χ2n) is 3.28. The van der Waals surface area contributed by atoms with E-state index in [1.807, 2.05) is 13.0 Å². The van der Waals surface area contributed by atoms with E-state index in [1.165, 1.54) is 11.3 Å². The summed E-state index contributed by atoms with van der Waals surface area (Å²) in [7, 11) is 0. The molecule has 0 radical (unpaired) electrons. The minimum Gasteiger partial charge on any atom is -0.495 e. The Morgan fingerprint density at radius 1 is 1.64 bits per heavy atom. The maximum absolute atomic E-state index is 9.94. The SMILES string of the molecule is Cc1ncc(C(O)C2=CCCCO2)s1. The molecular weight excluding hydrogens is 198 g/mol. The zero-order valence-electron chi connectivity index (χ0n) is 8.06. The lowest BCUT2D eigenvalue weighted by atomic mass is 10.1. The van der Waals surface area contributed by atoms with Gasteiger partial charge in [0.15, 0.2) is 0 Å². The molecule has 1 aliphatic rings. The Balaban J connectivity index is 2.14. The van der Waals surface area contributed by atoms with Crippen molar-refractivity contribution in [1.82, 2.24) is 4.98 Å². The van der Waals surface area contributed by atoms with Crippen molar-refractivity contribution in [2.45, 2.75) is 25.9 Å². The Morgan fingerprint density at radius 2 is 2.50 bits per heavy atom. The van der Waals surface area contributed by atoms with Crippen LogP contribution in [0.5, 0.6) is 0 Å². The first kappa shape index (κ1) is 9.68. The number of allylic oxidation sites excluding steroid dienone is 1. The molecule has 1 aliphatic heterocycles. The fourth-order valence-electron chi connectivity index (χ4n) is 1.41. The van der Waals surface area contributed by atoms with Gasteiger partial charge in [-0.15, -0.1) is 11.3 Å². The summed E-state index contributed by atoms with van der Waals surface area (Å²) in [6.45, 7) is 2.64. The molecule has 0 aliphatic carbocycles. The maximum Gasteiger partial charge on any atom is 0.146 e. The van der Waals surface area contributed by atoms with Gasteiger partial charge in [0.2, 0.25) is 0 Å². The van der Waals surface area contributed by atoms with E-state index in [2.05, 4.69) is 4.98 Å². The van der Waals surface area contributed by atoms with Crippen LogP contribution in [-0.2, 0) is 4.74 Å². The van der Waals surface area contributed by atoms with Gasteiger partial charge in [-0.05, 0) is 25.8 Å². The van der Waals surface area contributed by atoms with E-state index in [-0.39, 0.29) is 0 Å². The van der Waals surface area contributed by atoms with Crippen LogP contribution in [0, 0.1) is 6.92 Å². The van der Waals surface area contributed by atoms with Crippen molar-refractivity contribution in [2.75, 3.05) is 6.61 Å². The van der Waals surface area contributed by atoms with Gasteiger partial charge < -0.3 is 9.84 Å². The normalized spacial score (nSPS) is 18.6. The zero-order chi connectivity index (χ0) is 9.97. The number of rotatable bonds is 2. The Kier molecular flexibility index (Phi) is 2.84. The number of hydrogen-bond donors (Lipinski definition) is 1. The Morgan fingerprint density at radius 3 is 3.07 bits per heavy atom. The van der Waals surface area contributed by atoms with E-state index in [4.69, 9.17) is 4.74 Å². The van der Waals surface area contributed by atoms with E-state index >= 15 is 0 Å². The summed E-state index contributed by atoms with van der Waals surface area (Å²) in [4.78, 5) is 4.97. The number of nitrogens with zero attached hydrogens (tertiary/aromatic N) is 1. The van der Waals surface area contributed by atoms with Crippen LogP contribution in [0.25, 0.3) is 0 Å². The first-order chi connectivity index (χ1) is 6.77. The fourth-order valence-corrected chi connectivity index (χ4v) is 2.19. The molecular formula is C10H13NO2S. The van der Waals surface area contributed by atoms with Crippen LogP contribution in [0.3, 0.4) is 0 Å². The largest absolute Gasteiger partial charge is 0.495 e. The predicted octanol–water partition coefficient (Wildman–Crippen LogP) is 2.18. The molecule has 0 aromatic carbocycles. The summed E-state index contributed by atoms with van der Waals surface area (Å²) in [5.74, 6) is 0.680. The minimum absolute atomic E-state index is 0.624. The molecule has 0 amide bonds. The van der Waals surface area contributed by atoms with E-state index in [0.717, 1.165) is 22.7 Å². The lowest BCUT2D eigenvalue weighted by molar-refractivity contribution is 0.0936. The second kappa shape index (κ2) is 4.11. The van der Waals surface area contributed by atoms with Crippen LogP contribution in [-0.4, -0.2) is 16.7 Å². The summed E-state index contributed by atoms with van der Waals surface area (Å²) in [6.07, 6.45) is 5.08. The van der Waals surface area contributed by atoms with E-state index in [9.17, 15) is 5.11 Å². The fraction of sp³-hybridized carbons (Fsp3) is 0.500. The molecule has 1 atom stereocenters. The molecule has 14 heavy (non-hydrogen) atoms. The number of hydrogen-bond acceptors (Lipinski definition) is 4. The average molecular weight is 211 g/mol. The van der Waals surface area contributed by atoms with Gasteiger partial charge in [0.05, 0.1) is 16.5 Å². The maximum atomic E-state index is 9.94. The number of thiazole rings is 1. The summed E-state index contributed by atoms with van der Waals surface area (Å²) < 4.78 is 5.39. The van der Waals surface area contributed by atoms with Crippen molar-refractivity contribution < 1.29 is 9.84 Å². The Hall–Kier alpha value is -0.870. The third kappa shape index (κ3) is 1.96. The van der Waals surface area contributed by atoms with Crippen molar-refractivity contribution >= 4 is 11.3 Å². The molecule has 1 unspecified atom stereocenters. The first-order valence-corrected chi connectivity index (χ1v) is 5.52. The van der Waals surface area contributed by atoms with Crippen molar-refractivity contribution in [2.24, 2.45) is 0 Å². The number of aliphatic hydroxyl groups is 1. The first-order valence-electron chi connectivity index (χ1n) is 4.70. The molecule has 2 rings (SSSR count). The quantitative estimate of drug-likeness (QED) is 0.815. The van der Waals surface area contributed by atoms with Gasteiger partial charge in [0.25, 0.3) is 0 Å². The second-order valence-corrected chi connectivity index (χ2v) is 4.55.